The number of benzene rings is 2. The van der Waals surface area contributed by atoms with Crippen LogP contribution in [0.2, 0.25) is 5.02 Å². The lowest BCUT2D eigenvalue weighted by Crippen LogP contribution is -2.52. The Hall–Kier alpha value is -3.39. The van der Waals surface area contributed by atoms with E-state index in [1.165, 1.54) is 4.90 Å². The Morgan fingerprint density at radius 3 is 2.19 bits per heavy atom. The van der Waals surface area contributed by atoms with Crippen LogP contribution in [-0.4, -0.2) is 77.6 Å². The largest absolute Gasteiger partial charge is 0.371 e. The van der Waals surface area contributed by atoms with Crippen molar-refractivity contribution in [2.45, 2.75) is 26.3 Å². The number of carbonyl (C=O) groups is 4. The van der Waals surface area contributed by atoms with Crippen molar-refractivity contribution < 1.29 is 19.2 Å². The van der Waals surface area contributed by atoms with Crippen LogP contribution in [0.5, 0.6) is 0 Å². The Labute approximate surface area is 215 Å². The number of halogens is 1. The Kier molecular flexibility index (Phi) is 6.71. The third-order valence-corrected chi connectivity index (χ3v) is 7.85. The van der Waals surface area contributed by atoms with E-state index in [1.54, 1.807) is 24.0 Å². The zero-order valence-electron chi connectivity index (χ0n) is 20.3. The van der Waals surface area contributed by atoms with Crippen molar-refractivity contribution >= 4 is 40.9 Å². The standard InChI is InChI=1S/C27H29ClN4O4/c1-18(33)29-13-15-31(16-14-29)25(34)19-9-11-30(12-10-19)23-8-4-6-21-24(23)27(36)32(26(21)35)17-20-5-2-3-7-22(20)28/h2-8,19H,9-17H2,1H3. The molecule has 3 heterocycles. The van der Waals surface area contributed by atoms with Crippen LogP contribution in [0.3, 0.4) is 0 Å². The molecule has 0 atom stereocenters. The SMILES string of the molecule is CC(=O)N1CCN(C(=O)C2CCN(c3cccc4c3C(=O)N(Cc3ccccc3Cl)C4=O)CC2)CC1. The lowest BCUT2D eigenvalue weighted by Gasteiger charge is -2.39. The van der Waals surface area contributed by atoms with Gasteiger partial charge in [0.15, 0.2) is 0 Å². The highest BCUT2D eigenvalue weighted by atomic mass is 35.5. The molecule has 188 valence electrons. The smallest absolute Gasteiger partial charge is 0.263 e. The van der Waals surface area contributed by atoms with Gasteiger partial charge in [0.2, 0.25) is 11.8 Å². The van der Waals surface area contributed by atoms with E-state index in [0.29, 0.717) is 68.3 Å². The van der Waals surface area contributed by atoms with Gasteiger partial charge in [-0.15, -0.1) is 0 Å². The molecule has 0 N–H and O–H groups in total. The van der Waals surface area contributed by atoms with Gasteiger partial charge in [-0.2, -0.15) is 0 Å². The van der Waals surface area contributed by atoms with Crippen molar-refractivity contribution in [1.82, 2.24) is 14.7 Å². The third-order valence-electron chi connectivity index (χ3n) is 7.48. The quantitative estimate of drug-likeness (QED) is 0.593. The predicted octanol–water partition coefficient (Wildman–Crippen LogP) is 3.04. The molecule has 3 aliphatic rings. The van der Waals surface area contributed by atoms with Gasteiger partial charge in [-0.3, -0.25) is 24.1 Å². The van der Waals surface area contributed by atoms with Gasteiger partial charge in [-0.1, -0.05) is 35.9 Å². The number of hydrogen-bond acceptors (Lipinski definition) is 5. The van der Waals surface area contributed by atoms with Crippen molar-refractivity contribution in [1.29, 1.82) is 0 Å². The minimum atomic E-state index is -0.313. The first-order valence-corrected chi connectivity index (χ1v) is 12.7. The Morgan fingerprint density at radius 1 is 0.861 bits per heavy atom. The fourth-order valence-corrected chi connectivity index (χ4v) is 5.58. The summed E-state index contributed by atoms with van der Waals surface area (Å²) in [5.74, 6) is -0.507. The number of piperazine rings is 1. The first kappa shape index (κ1) is 24.3. The Bertz CT molecular complexity index is 1220. The number of amides is 4. The van der Waals surface area contributed by atoms with Crippen molar-refractivity contribution in [3.05, 3.63) is 64.2 Å². The summed E-state index contributed by atoms with van der Waals surface area (Å²) in [6.45, 7) is 5.25. The fourth-order valence-electron chi connectivity index (χ4n) is 5.39. The monoisotopic (exact) mass is 508 g/mol. The highest BCUT2D eigenvalue weighted by Gasteiger charge is 2.39. The molecule has 0 saturated carbocycles. The molecular formula is C27H29ClN4O4. The van der Waals surface area contributed by atoms with Gasteiger partial charge in [0.25, 0.3) is 11.8 Å². The van der Waals surface area contributed by atoms with E-state index in [4.69, 9.17) is 11.6 Å². The molecule has 36 heavy (non-hydrogen) atoms. The molecule has 0 aliphatic carbocycles. The van der Waals surface area contributed by atoms with Crippen molar-refractivity contribution in [2.24, 2.45) is 5.92 Å². The van der Waals surface area contributed by atoms with Crippen LogP contribution in [0.4, 0.5) is 5.69 Å². The van der Waals surface area contributed by atoms with E-state index < -0.39 is 0 Å². The summed E-state index contributed by atoms with van der Waals surface area (Å²) in [4.78, 5) is 58.2. The molecular weight excluding hydrogens is 480 g/mol. The average molecular weight is 509 g/mol. The summed E-state index contributed by atoms with van der Waals surface area (Å²) in [5.41, 5.74) is 2.30. The van der Waals surface area contributed by atoms with Crippen LogP contribution in [0.15, 0.2) is 42.5 Å². The number of piperidine rings is 1. The van der Waals surface area contributed by atoms with Gasteiger partial charge in [-0.25, -0.2) is 0 Å². The molecule has 0 unspecified atom stereocenters. The molecule has 0 spiro atoms. The van der Waals surface area contributed by atoms with Crippen LogP contribution in [0.25, 0.3) is 0 Å². The van der Waals surface area contributed by atoms with Crippen LogP contribution in [-0.2, 0) is 16.1 Å². The second kappa shape index (κ2) is 9.93. The Balaban J connectivity index is 1.26. The highest BCUT2D eigenvalue weighted by Crippen LogP contribution is 2.35. The van der Waals surface area contributed by atoms with Crippen LogP contribution < -0.4 is 4.90 Å². The number of imide groups is 1. The number of rotatable bonds is 4. The number of anilines is 1. The second-order valence-corrected chi connectivity index (χ2v) is 9.99. The van der Waals surface area contributed by atoms with E-state index >= 15 is 0 Å². The summed E-state index contributed by atoms with van der Waals surface area (Å²) >= 11 is 6.27. The molecule has 2 fully saturated rings. The number of fused-ring (bicyclic) bond motifs is 1. The maximum absolute atomic E-state index is 13.4. The summed E-state index contributed by atoms with van der Waals surface area (Å²) in [7, 11) is 0. The van der Waals surface area contributed by atoms with Gasteiger partial charge >= 0.3 is 0 Å². The topological polar surface area (TPSA) is 81.2 Å². The normalized spacial score (nSPS) is 18.6. The number of hydrogen-bond donors (Lipinski definition) is 0. The van der Waals surface area contributed by atoms with Crippen molar-refractivity contribution in [3.63, 3.8) is 0 Å². The molecule has 0 bridgehead atoms. The van der Waals surface area contributed by atoms with Gasteiger partial charge in [-0.05, 0) is 36.6 Å². The maximum Gasteiger partial charge on any atom is 0.263 e. The lowest BCUT2D eigenvalue weighted by molar-refractivity contribution is -0.141. The minimum Gasteiger partial charge on any atom is -0.371 e. The molecule has 0 radical (unpaired) electrons. The summed E-state index contributed by atoms with van der Waals surface area (Å²) in [5, 5.41) is 0.517. The van der Waals surface area contributed by atoms with Crippen LogP contribution in [0, 0.1) is 5.92 Å². The van der Waals surface area contributed by atoms with E-state index in [0.717, 1.165) is 11.3 Å². The summed E-state index contributed by atoms with van der Waals surface area (Å²) in [6, 6.07) is 12.6. The summed E-state index contributed by atoms with van der Waals surface area (Å²) < 4.78 is 0. The predicted molar refractivity (Wildman–Crippen MR) is 136 cm³/mol. The van der Waals surface area contributed by atoms with E-state index in [-0.39, 0.29) is 36.1 Å². The molecule has 2 aromatic rings. The summed E-state index contributed by atoms with van der Waals surface area (Å²) in [6.07, 6.45) is 1.36. The molecule has 2 saturated heterocycles. The van der Waals surface area contributed by atoms with E-state index in [9.17, 15) is 19.2 Å². The second-order valence-electron chi connectivity index (χ2n) is 9.58. The molecule has 2 aromatic carbocycles. The van der Waals surface area contributed by atoms with Crippen LogP contribution in [0.1, 0.15) is 46.0 Å². The minimum absolute atomic E-state index is 0.0456. The molecule has 3 aliphatic heterocycles. The molecule has 8 nitrogen and oxygen atoms in total. The van der Waals surface area contributed by atoms with E-state index in [1.807, 2.05) is 35.2 Å². The first-order valence-electron chi connectivity index (χ1n) is 12.4. The number of nitrogens with zero attached hydrogens (tertiary/aromatic N) is 4. The van der Waals surface area contributed by atoms with Crippen LogP contribution >= 0.6 is 11.6 Å². The zero-order chi connectivity index (χ0) is 25.4. The lowest BCUT2D eigenvalue weighted by atomic mass is 9.93. The van der Waals surface area contributed by atoms with Gasteiger partial charge in [0, 0.05) is 57.1 Å². The van der Waals surface area contributed by atoms with Crippen molar-refractivity contribution in [3.8, 4) is 0 Å². The fraction of sp³-hybridized carbons (Fsp3) is 0.407. The van der Waals surface area contributed by atoms with E-state index in [2.05, 4.69) is 4.90 Å². The van der Waals surface area contributed by atoms with Gasteiger partial charge in [0.05, 0.1) is 23.4 Å². The molecule has 0 aromatic heterocycles. The van der Waals surface area contributed by atoms with Crippen molar-refractivity contribution in [2.75, 3.05) is 44.2 Å². The molecule has 5 rings (SSSR count). The highest BCUT2D eigenvalue weighted by molar-refractivity contribution is 6.31. The number of carbonyl (C=O) groups excluding carboxylic acids is 4. The first-order chi connectivity index (χ1) is 17.3. The molecule has 9 heteroatoms. The molecule has 4 amide bonds. The van der Waals surface area contributed by atoms with Gasteiger partial charge in [0.1, 0.15) is 0 Å². The third kappa shape index (κ3) is 4.46. The average Bonchev–Trinajstić information content (AvgIpc) is 3.14. The zero-order valence-corrected chi connectivity index (χ0v) is 21.0. The maximum atomic E-state index is 13.4. The van der Waals surface area contributed by atoms with Gasteiger partial charge < -0.3 is 14.7 Å². The Morgan fingerprint density at radius 2 is 1.53 bits per heavy atom.